The van der Waals surface area contributed by atoms with Gasteiger partial charge in [-0.3, -0.25) is 4.79 Å². The Morgan fingerprint density at radius 1 is 0.423 bits per heavy atom. The minimum absolute atomic E-state index is 0.131. The molecule has 1 aliphatic rings. The van der Waals surface area contributed by atoms with E-state index in [4.69, 9.17) is 9.47 Å². The number of ether oxygens (including phenoxy) is 2. The van der Waals surface area contributed by atoms with Gasteiger partial charge in [0.2, 0.25) is 5.91 Å². The normalized spacial score (nSPS) is 19.1. The summed E-state index contributed by atoms with van der Waals surface area (Å²) in [5.74, 6) is -0.135. The lowest BCUT2D eigenvalue weighted by atomic mass is 9.99. The average Bonchev–Trinajstić information content (AvgIpc) is 3.37. The highest BCUT2D eigenvalue weighted by Crippen LogP contribution is 2.24. The Balaban J connectivity index is 2.07. The van der Waals surface area contributed by atoms with Crippen molar-refractivity contribution in [1.82, 2.24) is 5.32 Å². The molecule has 0 aromatic heterocycles. The van der Waals surface area contributed by atoms with Crippen LogP contribution in [0, 0.1) is 0 Å². The predicted octanol–water partition coefficient (Wildman–Crippen LogP) is 16.2. The van der Waals surface area contributed by atoms with Crippen molar-refractivity contribution >= 4 is 5.91 Å². The van der Waals surface area contributed by atoms with Gasteiger partial charge in [-0.15, -0.1) is 0 Å². The topological polar surface area (TPSA) is 149 Å². The minimum atomic E-state index is -1.55. The Kier molecular flexibility index (Phi) is 50.6. The van der Waals surface area contributed by atoms with E-state index in [2.05, 4.69) is 19.2 Å². The molecular formula is C62H123NO8. The Morgan fingerprint density at radius 3 is 1.00 bits per heavy atom. The number of unbranched alkanes of at least 4 members (excludes halogenated alkanes) is 46. The molecule has 1 rings (SSSR count). The molecule has 0 aliphatic carbocycles. The van der Waals surface area contributed by atoms with Crippen LogP contribution in [-0.2, 0) is 14.3 Å². The molecule has 71 heavy (non-hydrogen) atoms. The van der Waals surface area contributed by atoms with Crippen molar-refractivity contribution in [2.75, 3.05) is 13.2 Å². The second-order valence-corrected chi connectivity index (χ2v) is 22.6. The Bertz CT molecular complexity index is 1080. The fraction of sp³-hybridized carbons (Fsp3) is 0.984. The SMILES string of the molecule is CCCCCCCCCCCCCCCCCCCCCCCCCCCCCCCCCCCC(=O)N[C@@H](CO[C@@H]1O[C@H](CO)[C@@H](O)C(O)C1O)[C@H](O)CCCCCCCCCCCCCCCCC. The predicted molar refractivity (Wildman–Crippen MR) is 300 cm³/mol. The third kappa shape index (κ3) is 42.0. The monoisotopic (exact) mass is 1010 g/mol. The quantitative estimate of drug-likeness (QED) is 0.0330. The van der Waals surface area contributed by atoms with Crippen molar-refractivity contribution in [1.29, 1.82) is 0 Å². The number of aliphatic hydroxyl groups excluding tert-OH is 5. The van der Waals surface area contributed by atoms with Crippen LogP contribution in [0.15, 0.2) is 0 Å². The van der Waals surface area contributed by atoms with Gasteiger partial charge in [0, 0.05) is 6.42 Å². The van der Waals surface area contributed by atoms with Gasteiger partial charge in [-0.1, -0.05) is 316 Å². The molecule has 6 N–H and O–H groups in total. The highest BCUT2D eigenvalue weighted by atomic mass is 16.7. The summed E-state index contributed by atoms with van der Waals surface area (Å²) in [6, 6.07) is -0.713. The van der Waals surface area contributed by atoms with Gasteiger partial charge >= 0.3 is 0 Å². The molecule has 0 spiro atoms. The van der Waals surface area contributed by atoms with Crippen molar-refractivity contribution < 1.29 is 39.8 Å². The van der Waals surface area contributed by atoms with Crippen LogP contribution in [0.3, 0.4) is 0 Å². The number of hydrogen-bond acceptors (Lipinski definition) is 8. The van der Waals surface area contributed by atoms with Gasteiger partial charge < -0.3 is 40.3 Å². The third-order valence-electron chi connectivity index (χ3n) is 15.7. The van der Waals surface area contributed by atoms with E-state index in [1.807, 2.05) is 0 Å². The zero-order valence-electron chi connectivity index (χ0n) is 47.3. The van der Waals surface area contributed by atoms with E-state index in [0.717, 1.165) is 38.5 Å². The van der Waals surface area contributed by atoms with Crippen LogP contribution in [-0.4, -0.2) is 87.5 Å². The first-order valence-corrected chi connectivity index (χ1v) is 31.7. The highest BCUT2D eigenvalue weighted by molar-refractivity contribution is 5.76. The Hall–Kier alpha value is -0.810. The number of aliphatic hydroxyl groups is 5. The molecule has 1 saturated heterocycles. The number of carbonyl (C=O) groups is 1. The molecule has 0 radical (unpaired) electrons. The number of carbonyl (C=O) groups excluding carboxylic acids is 1. The largest absolute Gasteiger partial charge is 0.394 e. The molecule has 0 aromatic rings. The van der Waals surface area contributed by atoms with Crippen LogP contribution in [0.25, 0.3) is 0 Å². The molecule has 1 fully saturated rings. The van der Waals surface area contributed by atoms with E-state index >= 15 is 0 Å². The van der Waals surface area contributed by atoms with Crippen LogP contribution >= 0.6 is 0 Å². The molecule has 1 amide bonds. The maximum Gasteiger partial charge on any atom is 0.220 e. The molecule has 0 aromatic carbocycles. The molecule has 424 valence electrons. The number of amides is 1. The van der Waals surface area contributed by atoms with E-state index < -0.39 is 49.5 Å². The van der Waals surface area contributed by atoms with E-state index in [0.29, 0.717) is 12.8 Å². The summed E-state index contributed by atoms with van der Waals surface area (Å²) in [5.41, 5.74) is 0. The van der Waals surface area contributed by atoms with E-state index in [1.54, 1.807) is 0 Å². The Morgan fingerprint density at radius 2 is 0.704 bits per heavy atom. The summed E-state index contributed by atoms with van der Waals surface area (Å²) in [5, 5.41) is 54.7. The molecule has 1 heterocycles. The molecule has 0 saturated carbocycles. The van der Waals surface area contributed by atoms with E-state index in [9.17, 15) is 30.3 Å². The van der Waals surface area contributed by atoms with Crippen molar-refractivity contribution in [3.05, 3.63) is 0 Å². The fourth-order valence-electron chi connectivity index (χ4n) is 10.7. The molecule has 0 bridgehead atoms. The summed E-state index contributed by atoms with van der Waals surface area (Å²) >= 11 is 0. The summed E-state index contributed by atoms with van der Waals surface area (Å²) in [6.07, 6.45) is 57.4. The Labute approximate surface area is 440 Å². The molecule has 1 aliphatic heterocycles. The zero-order chi connectivity index (χ0) is 51.5. The number of hydrogen-bond donors (Lipinski definition) is 6. The first kappa shape index (κ1) is 68.2. The third-order valence-corrected chi connectivity index (χ3v) is 15.7. The van der Waals surface area contributed by atoms with Gasteiger partial charge in [0.1, 0.15) is 24.4 Å². The summed E-state index contributed by atoms with van der Waals surface area (Å²) in [6.45, 7) is 3.89. The van der Waals surface area contributed by atoms with E-state index in [1.165, 1.54) is 270 Å². The molecule has 9 heteroatoms. The second-order valence-electron chi connectivity index (χ2n) is 22.6. The van der Waals surface area contributed by atoms with Gasteiger partial charge in [0.25, 0.3) is 0 Å². The number of rotatable bonds is 56. The van der Waals surface area contributed by atoms with Crippen molar-refractivity contribution in [2.45, 2.75) is 378 Å². The van der Waals surface area contributed by atoms with Gasteiger partial charge in [-0.25, -0.2) is 0 Å². The lowest BCUT2D eigenvalue weighted by Gasteiger charge is -2.40. The fourth-order valence-corrected chi connectivity index (χ4v) is 10.7. The number of nitrogens with one attached hydrogen (secondary N) is 1. The highest BCUT2D eigenvalue weighted by Gasteiger charge is 2.44. The van der Waals surface area contributed by atoms with Crippen molar-refractivity contribution in [3.8, 4) is 0 Å². The molecule has 7 atom stereocenters. The lowest BCUT2D eigenvalue weighted by Crippen LogP contribution is -2.60. The second kappa shape index (κ2) is 52.6. The first-order valence-electron chi connectivity index (χ1n) is 31.7. The van der Waals surface area contributed by atoms with Gasteiger partial charge in [-0.05, 0) is 12.8 Å². The lowest BCUT2D eigenvalue weighted by molar-refractivity contribution is -0.302. The minimum Gasteiger partial charge on any atom is -0.394 e. The first-order chi connectivity index (χ1) is 34.8. The standard InChI is InChI=1S/C62H123NO8/c1-3-5-7-9-11-13-15-17-19-20-21-22-23-24-25-26-27-28-29-30-31-32-33-34-35-36-38-40-42-44-46-48-50-52-58(66)63-55(54-70-62-61(69)60(68)59(67)57(53-64)71-62)56(65)51-49-47-45-43-41-39-37-18-16-14-12-10-8-6-4-2/h55-57,59-62,64-65,67-69H,3-54H2,1-2H3,(H,63,66)/t55-,56+,57+,59+,60?,61?,62+/m0/s1. The van der Waals surface area contributed by atoms with Crippen LogP contribution in [0.4, 0.5) is 0 Å². The maximum atomic E-state index is 13.1. The maximum absolute atomic E-state index is 13.1. The molecule has 2 unspecified atom stereocenters. The van der Waals surface area contributed by atoms with Gasteiger partial charge in [0.05, 0.1) is 25.4 Å². The summed E-state index contributed by atoms with van der Waals surface area (Å²) in [4.78, 5) is 13.1. The van der Waals surface area contributed by atoms with Crippen molar-refractivity contribution in [3.63, 3.8) is 0 Å². The average molecular weight is 1010 g/mol. The smallest absolute Gasteiger partial charge is 0.220 e. The molecule has 9 nitrogen and oxygen atoms in total. The summed E-state index contributed by atoms with van der Waals surface area (Å²) < 4.78 is 11.3. The van der Waals surface area contributed by atoms with Crippen LogP contribution in [0.2, 0.25) is 0 Å². The van der Waals surface area contributed by atoms with Gasteiger partial charge in [-0.2, -0.15) is 0 Å². The van der Waals surface area contributed by atoms with Crippen LogP contribution in [0.1, 0.15) is 335 Å². The zero-order valence-corrected chi connectivity index (χ0v) is 47.3. The van der Waals surface area contributed by atoms with Crippen molar-refractivity contribution in [2.24, 2.45) is 0 Å². The van der Waals surface area contributed by atoms with Gasteiger partial charge in [0.15, 0.2) is 6.29 Å². The van der Waals surface area contributed by atoms with Crippen LogP contribution in [0.5, 0.6) is 0 Å². The molecular weight excluding hydrogens is 887 g/mol. The van der Waals surface area contributed by atoms with E-state index in [-0.39, 0.29) is 12.5 Å². The van der Waals surface area contributed by atoms with Crippen LogP contribution < -0.4 is 5.32 Å². The summed E-state index contributed by atoms with van der Waals surface area (Å²) in [7, 11) is 0.